The Labute approximate surface area is 170 Å². The molecule has 3 atom stereocenters. The predicted molar refractivity (Wildman–Crippen MR) is 112 cm³/mol. The van der Waals surface area contributed by atoms with E-state index in [4.69, 9.17) is 14.2 Å². The van der Waals surface area contributed by atoms with E-state index in [2.05, 4.69) is 29.5 Å². The highest BCUT2D eigenvalue weighted by Gasteiger charge is 2.21. The molecule has 1 saturated heterocycles. The molecule has 1 amide bonds. The van der Waals surface area contributed by atoms with E-state index in [1.807, 2.05) is 27.7 Å². The van der Waals surface area contributed by atoms with Crippen LogP contribution in [0.3, 0.4) is 0 Å². The SMILES string of the molecule is CCNC(=NCC(C)CN(C)C(=O)OC(C)(C)C)NC(C)COC1CCOC1. The number of rotatable bonds is 9. The summed E-state index contributed by atoms with van der Waals surface area (Å²) in [6.07, 6.45) is 0.853. The number of amides is 1. The lowest BCUT2D eigenvalue weighted by Crippen LogP contribution is -2.45. The van der Waals surface area contributed by atoms with Crippen LogP contribution in [-0.2, 0) is 14.2 Å². The van der Waals surface area contributed by atoms with Crippen molar-refractivity contribution in [3.63, 3.8) is 0 Å². The molecule has 0 aromatic carbocycles. The fourth-order valence-electron chi connectivity index (χ4n) is 2.71. The molecule has 0 aliphatic carbocycles. The fraction of sp³-hybridized carbons (Fsp3) is 0.900. The van der Waals surface area contributed by atoms with Gasteiger partial charge < -0.3 is 29.7 Å². The number of hydrogen-bond donors (Lipinski definition) is 2. The number of hydrogen-bond acceptors (Lipinski definition) is 5. The number of carbonyl (C=O) groups is 1. The number of ether oxygens (including phenoxy) is 3. The first-order valence-corrected chi connectivity index (χ1v) is 10.3. The summed E-state index contributed by atoms with van der Waals surface area (Å²) in [5.41, 5.74) is -0.488. The minimum atomic E-state index is -0.488. The van der Waals surface area contributed by atoms with Gasteiger partial charge in [0.2, 0.25) is 0 Å². The zero-order chi connectivity index (χ0) is 21.2. The second kappa shape index (κ2) is 12.1. The molecule has 28 heavy (non-hydrogen) atoms. The minimum Gasteiger partial charge on any atom is -0.444 e. The smallest absolute Gasteiger partial charge is 0.410 e. The van der Waals surface area contributed by atoms with E-state index in [9.17, 15) is 4.79 Å². The summed E-state index contributed by atoms with van der Waals surface area (Å²) in [7, 11) is 1.75. The van der Waals surface area contributed by atoms with E-state index in [0.717, 1.165) is 25.5 Å². The van der Waals surface area contributed by atoms with E-state index in [1.54, 1.807) is 11.9 Å². The molecular weight excluding hydrogens is 360 g/mol. The van der Waals surface area contributed by atoms with Gasteiger partial charge in [-0.15, -0.1) is 0 Å². The number of nitrogens with zero attached hydrogens (tertiary/aromatic N) is 2. The van der Waals surface area contributed by atoms with Crippen molar-refractivity contribution in [2.45, 2.75) is 65.7 Å². The second-order valence-corrected chi connectivity index (χ2v) is 8.55. The van der Waals surface area contributed by atoms with Crippen LogP contribution in [0.1, 0.15) is 48.0 Å². The first-order chi connectivity index (χ1) is 13.1. The summed E-state index contributed by atoms with van der Waals surface area (Å²) in [4.78, 5) is 18.3. The Kier molecular flexibility index (Phi) is 10.6. The molecule has 3 unspecified atom stereocenters. The highest BCUT2D eigenvalue weighted by molar-refractivity contribution is 5.80. The van der Waals surface area contributed by atoms with Gasteiger partial charge in [-0.3, -0.25) is 4.99 Å². The molecule has 8 heteroatoms. The third-order valence-electron chi connectivity index (χ3n) is 4.05. The van der Waals surface area contributed by atoms with Crippen LogP contribution in [0.2, 0.25) is 0 Å². The third-order valence-corrected chi connectivity index (χ3v) is 4.05. The molecular formula is C20H40N4O4. The molecule has 0 saturated carbocycles. The quantitative estimate of drug-likeness (QED) is 0.456. The predicted octanol–water partition coefficient (Wildman–Crippen LogP) is 2.24. The van der Waals surface area contributed by atoms with Crippen LogP contribution in [0.15, 0.2) is 4.99 Å². The maximum Gasteiger partial charge on any atom is 0.410 e. The summed E-state index contributed by atoms with van der Waals surface area (Å²) in [5, 5.41) is 6.63. The maximum atomic E-state index is 12.1. The van der Waals surface area contributed by atoms with E-state index < -0.39 is 5.60 Å². The lowest BCUT2D eigenvalue weighted by molar-refractivity contribution is 0.0278. The summed E-state index contributed by atoms with van der Waals surface area (Å²) in [5.74, 6) is 0.961. The van der Waals surface area contributed by atoms with Crippen molar-refractivity contribution in [2.24, 2.45) is 10.9 Å². The van der Waals surface area contributed by atoms with Gasteiger partial charge in [0.15, 0.2) is 5.96 Å². The molecule has 0 spiro atoms. The summed E-state index contributed by atoms with van der Waals surface area (Å²) >= 11 is 0. The normalized spacial score (nSPS) is 19.8. The zero-order valence-electron chi connectivity index (χ0n) is 18.7. The zero-order valence-corrected chi connectivity index (χ0v) is 18.7. The molecule has 164 valence electrons. The standard InChI is InChI=1S/C20H40N4O4/c1-8-21-18(23-16(3)13-27-17-9-10-26-14-17)22-11-15(2)12-24(7)19(25)28-20(4,5)6/h15-17H,8-14H2,1-7H3,(H2,21,22,23). The van der Waals surface area contributed by atoms with Gasteiger partial charge in [-0.25, -0.2) is 4.79 Å². The van der Waals surface area contributed by atoms with Crippen molar-refractivity contribution in [1.29, 1.82) is 0 Å². The van der Waals surface area contributed by atoms with Crippen LogP contribution in [0.5, 0.6) is 0 Å². The van der Waals surface area contributed by atoms with Crippen LogP contribution in [0.4, 0.5) is 4.79 Å². The highest BCUT2D eigenvalue weighted by atomic mass is 16.6. The van der Waals surface area contributed by atoms with Gasteiger partial charge in [0.1, 0.15) is 5.60 Å². The van der Waals surface area contributed by atoms with E-state index in [-0.39, 0.29) is 24.2 Å². The van der Waals surface area contributed by atoms with Gasteiger partial charge in [-0.05, 0) is 47.0 Å². The largest absolute Gasteiger partial charge is 0.444 e. The number of carbonyl (C=O) groups excluding carboxylic acids is 1. The lowest BCUT2D eigenvalue weighted by Gasteiger charge is -2.26. The molecule has 1 heterocycles. The molecule has 1 aliphatic heterocycles. The Morgan fingerprint density at radius 2 is 2.07 bits per heavy atom. The first kappa shape index (κ1) is 24.5. The Bertz CT molecular complexity index is 487. The molecule has 1 aliphatic rings. The highest BCUT2D eigenvalue weighted by Crippen LogP contribution is 2.10. The topological polar surface area (TPSA) is 84.4 Å². The van der Waals surface area contributed by atoms with Crippen LogP contribution >= 0.6 is 0 Å². The van der Waals surface area contributed by atoms with Gasteiger partial charge in [-0.1, -0.05) is 6.92 Å². The van der Waals surface area contributed by atoms with E-state index in [0.29, 0.717) is 26.3 Å². The van der Waals surface area contributed by atoms with Gasteiger partial charge in [-0.2, -0.15) is 0 Å². The monoisotopic (exact) mass is 400 g/mol. The van der Waals surface area contributed by atoms with Crippen molar-refractivity contribution in [3.8, 4) is 0 Å². The van der Waals surface area contributed by atoms with E-state index >= 15 is 0 Å². The van der Waals surface area contributed by atoms with Crippen molar-refractivity contribution >= 4 is 12.1 Å². The van der Waals surface area contributed by atoms with Crippen molar-refractivity contribution in [1.82, 2.24) is 15.5 Å². The average molecular weight is 401 g/mol. The van der Waals surface area contributed by atoms with Crippen LogP contribution in [0, 0.1) is 5.92 Å². The summed E-state index contributed by atoms with van der Waals surface area (Å²) < 4.78 is 16.6. The average Bonchev–Trinajstić information content (AvgIpc) is 3.10. The van der Waals surface area contributed by atoms with E-state index in [1.165, 1.54) is 0 Å². The van der Waals surface area contributed by atoms with Crippen LogP contribution in [-0.4, -0.2) is 81.2 Å². The Hall–Kier alpha value is -1.54. The first-order valence-electron chi connectivity index (χ1n) is 10.3. The summed E-state index contributed by atoms with van der Waals surface area (Å²) in [6.45, 7) is 15.8. The fourth-order valence-corrected chi connectivity index (χ4v) is 2.71. The number of guanidine groups is 1. The summed E-state index contributed by atoms with van der Waals surface area (Å²) in [6, 6.07) is 0.137. The second-order valence-electron chi connectivity index (χ2n) is 8.55. The Morgan fingerprint density at radius 1 is 1.36 bits per heavy atom. The van der Waals surface area contributed by atoms with Crippen LogP contribution in [0.25, 0.3) is 0 Å². The van der Waals surface area contributed by atoms with Crippen molar-refractivity contribution in [3.05, 3.63) is 0 Å². The van der Waals surface area contributed by atoms with Gasteiger partial charge >= 0.3 is 6.09 Å². The van der Waals surface area contributed by atoms with Crippen molar-refractivity contribution in [2.75, 3.05) is 46.5 Å². The van der Waals surface area contributed by atoms with Crippen molar-refractivity contribution < 1.29 is 19.0 Å². The molecule has 0 aromatic heterocycles. The number of nitrogens with one attached hydrogen (secondary N) is 2. The molecule has 0 aromatic rings. The number of aliphatic imine (C=N–C) groups is 1. The van der Waals surface area contributed by atoms with Gasteiger partial charge in [0.25, 0.3) is 0 Å². The maximum absolute atomic E-state index is 12.1. The molecule has 0 radical (unpaired) electrons. The minimum absolute atomic E-state index is 0.137. The van der Waals surface area contributed by atoms with Gasteiger partial charge in [0, 0.05) is 39.3 Å². The third kappa shape index (κ3) is 10.7. The van der Waals surface area contributed by atoms with Crippen LogP contribution < -0.4 is 10.6 Å². The molecule has 0 bridgehead atoms. The molecule has 1 rings (SSSR count). The Morgan fingerprint density at radius 3 is 2.64 bits per heavy atom. The molecule has 1 fully saturated rings. The molecule has 2 N–H and O–H groups in total. The Balaban J connectivity index is 2.42. The van der Waals surface area contributed by atoms with Gasteiger partial charge in [0.05, 0.1) is 19.3 Å². The molecule has 8 nitrogen and oxygen atoms in total. The lowest BCUT2D eigenvalue weighted by atomic mass is 10.2.